The molecule has 5 nitrogen and oxygen atoms in total. The summed E-state index contributed by atoms with van der Waals surface area (Å²) in [7, 11) is -3.58. The molecule has 1 unspecified atom stereocenters. The molecule has 0 spiro atoms. The van der Waals surface area contributed by atoms with Gasteiger partial charge in [0, 0.05) is 18.6 Å². The zero-order valence-electron chi connectivity index (χ0n) is 15.8. The molecule has 2 saturated carbocycles. The minimum Gasteiger partial charge on any atom is -0.362 e. The summed E-state index contributed by atoms with van der Waals surface area (Å²) < 4.78 is 71.5. The summed E-state index contributed by atoms with van der Waals surface area (Å²) in [5, 5.41) is -0.240. The van der Waals surface area contributed by atoms with E-state index in [1.807, 2.05) is 0 Å². The van der Waals surface area contributed by atoms with Gasteiger partial charge in [0.25, 0.3) is 5.92 Å². The summed E-state index contributed by atoms with van der Waals surface area (Å²) in [5.41, 5.74) is 0.795. The number of hydrogen-bond donors (Lipinski definition) is 1. The number of aromatic nitrogens is 2. The summed E-state index contributed by atoms with van der Waals surface area (Å²) in [6.45, 7) is 1.57. The fourth-order valence-electron chi connectivity index (χ4n) is 4.43. The fraction of sp³-hybridized carbons (Fsp3) is 0.526. The molecule has 10 heteroatoms. The quantitative estimate of drug-likeness (QED) is 0.733. The number of nitrogens with one attached hydrogen (secondary N) is 1. The number of aromatic amines is 1. The van der Waals surface area contributed by atoms with Gasteiger partial charge < -0.3 is 9.72 Å². The van der Waals surface area contributed by atoms with Crippen molar-refractivity contribution >= 4 is 21.4 Å². The first-order valence-electron chi connectivity index (χ1n) is 9.20. The molecule has 1 heterocycles. The zero-order valence-corrected chi connectivity index (χ0v) is 17.3. The van der Waals surface area contributed by atoms with Crippen LogP contribution in [-0.2, 0) is 14.6 Å². The molecule has 0 aliphatic heterocycles. The lowest BCUT2D eigenvalue weighted by atomic mass is 9.94. The smallest absolute Gasteiger partial charge is 0.251 e. The molecule has 0 saturated heterocycles. The molecular formula is C19H20ClF3N2O3S. The molecule has 1 aromatic carbocycles. The number of fused-ring (bicyclic) bond motifs is 2. The number of H-pyrrole nitrogens is 1. The second kappa shape index (κ2) is 6.99. The van der Waals surface area contributed by atoms with Crippen molar-refractivity contribution in [2.75, 3.05) is 6.26 Å². The van der Waals surface area contributed by atoms with Crippen molar-refractivity contribution in [3.63, 3.8) is 0 Å². The molecule has 4 rings (SSSR count). The molecule has 0 amide bonds. The highest BCUT2D eigenvalue weighted by Gasteiger charge is 2.57. The average molecular weight is 449 g/mol. The standard InChI is InChI=1S/C19H20ClF3N2O3S/c1-9-18(29(2,26)27)25-17(24-9)16(10-3-4-14(21)13(20)6-10)28-15-7-12-5-11(15)8-19(12,22)23/h3-4,6,11-12,15-16H,5,7-8H2,1-2H3,(H,24,25)/t11-,12-,15-,16?/m1/s1. The first kappa shape index (κ1) is 20.7. The van der Waals surface area contributed by atoms with E-state index in [4.69, 9.17) is 16.3 Å². The molecule has 158 valence electrons. The molecule has 0 radical (unpaired) electrons. The van der Waals surface area contributed by atoms with Crippen LogP contribution >= 0.6 is 11.6 Å². The number of hydrogen-bond acceptors (Lipinski definition) is 4. The monoisotopic (exact) mass is 448 g/mol. The van der Waals surface area contributed by atoms with Crippen LogP contribution in [0.2, 0.25) is 5.02 Å². The number of halogens is 4. The highest BCUT2D eigenvalue weighted by molar-refractivity contribution is 7.90. The molecule has 2 aliphatic rings. The molecule has 2 aromatic rings. The van der Waals surface area contributed by atoms with Gasteiger partial charge in [-0.2, -0.15) is 0 Å². The SMILES string of the molecule is Cc1[nH]c(C(O[C@@H]2C[C@H]3C[C@@H]2CC3(F)F)c2ccc(F)c(Cl)c2)nc1S(C)(=O)=O. The molecule has 2 aliphatic carbocycles. The lowest BCUT2D eigenvalue weighted by Gasteiger charge is -2.30. The zero-order chi connectivity index (χ0) is 21.1. The van der Waals surface area contributed by atoms with E-state index < -0.39 is 39.7 Å². The normalized spacial score (nSPS) is 26.8. The van der Waals surface area contributed by atoms with Crippen molar-refractivity contribution in [1.82, 2.24) is 9.97 Å². The van der Waals surface area contributed by atoms with Gasteiger partial charge in [-0.25, -0.2) is 26.6 Å². The molecule has 4 atom stereocenters. The van der Waals surface area contributed by atoms with Gasteiger partial charge in [-0.05, 0) is 43.4 Å². The Labute approximate surface area is 171 Å². The summed E-state index contributed by atoms with van der Waals surface area (Å²) in [5.74, 6) is -4.09. The van der Waals surface area contributed by atoms with Crippen LogP contribution in [0.5, 0.6) is 0 Å². The number of aryl methyl sites for hydroxylation is 1. The van der Waals surface area contributed by atoms with Crippen molar-refractivity contribution in [3.8, 4) is 0 Å². The Hall–Kier alpha value is -1.58. The maximum absolute atomic E-state index is 13.9. The van der Waals surface area contributed by atoms with Gasteiger partial charge in [0.1, 0.15) is 17.7 Å². The summed E-state index contributed by atoms with van der Waals surface area (Å²) in [4.78, 5) is 7.11. The molecule has 1 N–H and O–H groups in total. The third-order valence-corrected chi connectivity index (χ3v) is 7.17. The van der Waals surface area contributed by atoms with Crippen LogP contribution in [0, 0.1) is 24.6 Å². The van der Waals surface area contributed by atoms with Crippen LogP contribution in [0.15, 0.2) is 23.2 Å². The summed E-state index contributed by atoms with van der Waals surface area (Å²) in [6.07, 6.45) is 0.0937. The number of nitrogens with zero attached hydrogens (tertiary/aromatic N) is 1. The Kier molecular flexibility index (Phi) is 4.99. The summed E-state index contributed by atoms with van der Waals surface area (Å²) in [6, 6.07) is 4.02. The number of benzene rings is 1. The number of alkyl halides is 2. The largest absolute Gasteiger partial charge is 0.362 e. The molecular weight excluding hydrogens is 429 g/mol. The van der Waals surface area contributed by atoms with Gasteiger partial charge in [0.15, 0.2) is 14.9 Å². The lowest BCUT2D eigenvalue weighted by molar-refractivity contribution is -0.102. The highest BCUT2D eigenvalue weighted by atomic mass is 35.5. The Bertz CT molecular complexity index is 1060. The summed E-state index contributed by atoms with van der Waals surface area (Å²) >= 11 is 5.92. The number of rotatable bonds is 5. The van der Waals surface area contributed by atoms with Gasteiger partial charge in [0.2, 0.25) is 0 Å². The number of ether oxygens (including phenoxy) is 1. The van der Waals surface area contributed by atoms with Gasteiger partial charge in [-0.1, -0.05) is 17.7 Å². The van der Waals surface area contributed by atoms with Crippen molar-refractivity contribution in [1.29, 1.82) is 0 Å². The van der Waals surface area contributed by atoms with Crippen molar-refractivity contribution < 1.29 is 26.3 Å². The fourth-order valence-corrected chi connectivity index (χ4v) is 5.49. The van der Waals surface area contributed by atoms with Crippen LogP contribution in [0.3, 0.4) is 0 Å². The van der Waals surface area contributed by atoms with E-state index in [2.05, 4.69) is 9.97 Å². The second-order valence-corrected chi connectivity index (χ2v) is 10.3. The maximum Gasteiger partial charge on any atom is 0.251 e. The third-order valence-electron chi connectivity index (χ3n) is 5.78. The van der Waals surface area contributed by atoms with Gasteiger partial charge in [0.05, 0.1) is 16.8 Å². The Morgan fingerprint density at radius 1 is 1.34 bits per heavy atom. The minimum atomic E-state index is -3.58. The van der Waals surface area contributed by atoms with Gasteiger partial charge in [-0.3, -0.25) is 0 Å². The Balaban J connectivity index is 1.70. The van der Waals surface area contributed by atoms with Crippen LogP contribution in [0.25, 0.3) is 0 Å². The van der Waals surface area contributed by atoms with Crippen molar-refractivity contribution in [2.24, 2.45) is 11.8 Å². The minimum absolute atomic E-state index is 0.117. The van der Waals surface area contributed by atoms with Crippen LogP contribution in [-0.4, -0.2) is 36.7 Å². The van der Waals surface area contributed by atoms with E-state index in [1.54, 1.807) is 6.92 Å². The molecule has 29 heavy (non-hydrogen) atoms. The van der Waals surface area contributed by atoms with Crippen molar-refractivity contribution in [3.05, 3.63) is 46.1 Å². The Morgan fingerprint density at radius 2 is 2.07 bits per heavy atom. The average Bonchev–Trinajstić information content (AvgIpc) is 3.26. The lowest BCUT2D eigenvalue weighted by Crippen LogP contribution is -2.33. The van der Waals surface area contributed by atoms with E-state index in [0.717, 1.165) is 6.26 Å². The first-order valence-corrected chi connectivity index (χ1v) is 11.5. The van der Waals surface area contributed by atoms with Crippen LogP contribution < -0.4 is 0 Å². The van der Waals surface area contributed by atoms with Gasteiger partial charge >= 0.3 is 0 Å². The Morgan fingerprint density at radius 3 is 2.59 bits per heavy atom. The third kappa shape index (κ3) is 3.80. The maximum atomic E-state index is 13.9. The van der Waals surface area contributed by atoms with E-state index >= 15 is 0 Å². The predicted molar refractivity (Wildman–Crippen MR) is 100 cm³/mol. The molecule has 2 bridgehead atoms. The van der Waals surface area contributed by atoms with E-state index in [9.17, 15) is 21.6 Å². The highest BCUT2D eigenvalue weighted by Crippen LogP contribution is 2.55. The molecule has 2 fully saturated rings. The van der Waals surface area contributed by atoms with E-state index in [1.165, 1.54) is 18.2 Å². The topological polar surface area (TPSA) is 72.0 Å². The van der Waals surface area contributed by atoms with Gasteiger partial charge in [-0.15, -0.1) is 0 Å². The molecule has 1 aromatic heterocycles. The number of imidazole rings is 1. The number of sulfone groups is 1. The van der Waals surface area contributed by atoms with Crippen molar-refractivity contribution in [2.45, 2.75) is 49.3 Å². The van der Waals surface area contributed by atoms with Crippen LogP contribution in [0.4, 0.5) is 13.2 Å². The van der Waals surface area contributed by atoms with E-state index in [0.29, 0.717) is 17.7 Å². The van der Waals surface area contributed by atoms with Crippen LogP contribution in [0.1, 0.15) is 42.4 Å². The predicted octanol–water partition coefficient (Wildman–Crippen LogP) is 4.45. The second-order valence-electron chi connectivity index (χ2n) is 7.95. The first-order chi connectivity index (χ1) is 13.5. The van der Waals surface area contributed by atoms with E-state index in [-0.39, 0.29) is 34.6 Å².